The summed E-state index contributed by atoms with van der Waals surface area (Å²) in [5.74, 6) is -0.937. The largest absolute Gasteiger partial charge is 0.393 e. The van der Waals surface area contributed by atoms with Gasteiger partial charge in [0.25, 0.3) is 0 Å². The molecule has 0 radical (unpaired) electrons. The third kappa shape index (κ3) is 5.56. The Labute approximate surface area is 246 Å². The van der Waals surface area contributed by atoms with Crippen LogP contribution < -0.4 is 0 Å². The molecule has 5 rings (SSSR count). The summed E-state index contributed by atoms with van der Waals surface area (Å²) in [4.78, 5) is 0. The molecule has 16 atom stereocenters. The van der Waals surface area contributed by atoms with Gasteiger partial charge in [-0.15, -0.1) is 0 Å². The van der Waals surface area contributed by atoms with Gasteiger partial charge in [-0.1, -0.05) is 26.7 Å². The maximum Gasteiger partial charge on any atom is 0.120 e. The average Bonchev–Trinajstić information content (AvgIpc) is 2.94. The summed E-state index contributed by atoms with van der Waals surface area (Å²) in [7, 11) is 1.79. The van der Waals surface area contributed by atoms with Crippen LogP contribution in [-0.2, 0) is 4.74 Å². The van der Waals surface area contributed by atoms with Gasteiger partial charge < -0.3 is 40.5 Å². The van der Waals surface area contributed by atoms with E-state index in [1.165, 1.54) is 6.92 Å². The normalized spacial score (nSPS) is 53.5. The fourth-order valence-electron chi connectivity index (χ4n) is 10.7. The summed E-state index contributed by atoms with van der Waals surface area (Å²) in [6, 6.07) is 0. The molecule has 0 aromatic carbocycles. The molecule has 5 saturated carbocycles. The first-order chi connectivity index (χ1) is 19.4. The number of ether oxygens (including phenoxy) is 1. The van der Waals surface area contributed by atoms with Gasteiger partial charge in [-0.3, -0.25) is 0 Å². The second-order valence-electron chi connectivity index (χ2n) is 15.1. The van der Waals surface area contributed by atoms with Crippen molar-refractivity contribution in [1.82, 2.24) is 0 Å². The highest BCUT2D eigenvalue weighted by Crippen LogP contribution is 2.60. The molecule has 5 aliphatic rings. The maximum atomic E-state index is 12.1. The number of methoxy groups -OCH3 is 1. The SMILES string of the molecule is CCC(C)CCC1CC(C2CCC(OC)CC2)C2CC3CC4CC(O)C(C(C)O)C(O)C4(O)C(O)C3C(O)C2C1O. The van der Waals surface area contributed by atoms with E-state index in [1.54, 1.807) is 7.11 Å². The highest BCUT2D eigenvalue weighted by molar-refractivity contribution is 5.16. The molecule has 0 heterocycles. The summed E-state index contributed by atoms with van der Waals surface area (Å²) < 4.78 is 5.66. The molecule has 16 unspecified atom stereocenters. The molecule has 0 spiro atoms. The number of aliphatic hydroxyl groups is 7. The fourth-order valence-corrected chi connectivity index (χ4v) is 10.7. The first-order valence-electron chi connectivity index (χ1n) is 16.8. The molecule has 0 saturated heterocycles. The van der Waals surface area contributed by atoms with Gasteiger partial charge in [0.15, 0.2) is 0 Å². The second kappa shape index (κ2) is 12.6. The van der Waals surface area contributed by atoms with Crippen LogP contribution in [0.2, 0.25) is 0 Å². The number of fused-ring (bicyclic) bond motifs is 3. The van der Waals surface area contributed by atoms with Gasteiger partial charge >= 0.3 is 0 Å². The van der Waals surface area contributed by atoms with Gasteiger partial charge in [-0.2, -0.15) is 0 Å². The summed E-state index contributed by atoms with van der Waals surface area (Å²) in [5, 5.41) is 80.0. The van der Waals surface area contributed by atoms with Crippen LogP contribution in [0.1, 0.15) is 91.4 Å². The maximum absolute atomic E-state index is 12.1. The van der Waals surface area contributed by atoms with Crippen LogP contribution in [0.3, 0.4) is 0 Å². The van der Waals surface area contributed by atoms with Crippen LogP contribution >= 0.6 is 0 Å². The molecule has 0 aliphatic heterocycles. The van der Waals surface area contributed by atoms with Crippen molar-refractivity contribution in [2.45, 2.75) is 140 Å². The molecule has 5 aliphatic carbocycles. The quantitative estimate of drug-likeness (QED) is 0.242. The monoisotopic (exact) mass is 582 g/mol. The number of aliphatic hydroxyl groups excluding tert-OH is 6. The smallest absolute Gasteiger partial charge is 0.120 e. The highest BCUT2D eigenvalue weighted by Gasteiger charge is 2.67. The summed E-state index contributed by atoms with van der Waals surface area (Å²) >= 11 is 0. The van der Waals surface area contributed by atoms with E-state index in [1.807, 2.05) is 0 Å². The zero-order valence-corrected chi connectivity index (χ0v) is 25.6. The molecule has 0 aromatic rings. The minimum Gasteiger partial charge on any atom is -0.393 e. The second-order valence-corrected chi connectivity index (χ2v) is 15.1. The Bertz CT molecular complexity index is 862. The molecular formula is C33H58O8. The van der Waals surface area contributed by atoms with Gasteiger partial charge in [-0.05, 0) is 106 Å². The van der Waals surface area contributed by atoms with Gasteiger partial charge in [0.2, 0.25) is 0 Å². The van der Waals surface area contributed by atoms with Crippen molar-refractivity contribution in [3.8, 4) is 0 Å². The van der Waals surface area contributed by atoms with Crippen molar-refractivity contribution in [1.29, 1.82) is 0 Å². The van der Waals surface area contributed by atoms with Gasteiger partial charge in [0, 0.05) is 24.9 Å². The van der Waals surface area contributed by atoms with E-state index >= 15 is 0 Å². The van der Waals surface area contributed by atoms with Gasteiger partial charge in [0.05, 0.1) is 42.7 Å². The lowest BCUT2D eigenvalue weighted by molar-refractivity contribution is -0.297. The molecule has 0 aromatic heterocycles. The molecule has 0 amide bonds. The average molecular weight is 583 g/mol. The lowest BCUT2D eigenvalue weighted by Crippen LogP contribution is -2.73. The Morgan fingerprint density at radius 3 is 2.10 bits per heavy atom. The summed E-state index contributed by atoms with van der Waals surface area (Å²) in [6.07, 6.45) is 3.43. The van der Waals surface area contributed by atoms with Crippen molar-refractivity contribution < 1.29 is 40.5 Å². The summed E-state index contributed by atoms with van der Waals surface area (Å²) in [6.45, 7) is 5.93. The number of rotatable bonds is 7. The molecule has 0 bridgehead atoms. The number of hydrogen-bond acceptors (Lipinski definition) is 8. The molecule has 8 heteroatoms. The van der Waals surface area contributed by atoms with Crippen molar-refractivity contribution >= 4 is 0 Å². The first-order valence-corrected chi connectivity index (χ1v) is 16.8. The third-order valence-electron chi connectivity index (χ3n) is 13.2. The van der Waals surface area contributed by atoms with E-state index in [9.17, 15) is 35.7 Å². The van der Waals surface area contributed by atoms with E-state index in [0.29, 0.717) is 30.3 Å². The van der Waals surface area contributed by atoms with E-state index < -0.39 is 60.0 Å². The Kier molecular flexibility index (Phi) is 9.85. The van der Waals surface area contributed by atoms with Gasteiger partial charge in [0.1, 0.15) is 5.60 Å². The van der Waals surface area contributed by atoms with Crippen LogP contribution in [0, 0.1) is 59.2 Å². The lowest BCUT2D eigenvalue weighted by Gasteiger charge is -2.63. The standard InChI is InChI=1S/C33H58O8/c1-5-16(2)6-7-19-13-23(18-8-10-22(41-4)11-9-18)24-14-20-12-21-15-25(35)26(17(3)34)31(38)33(21,40)32(39)27(20)30(37)28(24)29(19)36/h16-32,34-40H,5-15H2,1-4H3. The van der Waals surface area contributed by atoms with E-state index in [2.05, 4.69) is 13.8 Å². The van der Waals surface area contributed by atoms with Crippen LogP contribution in [-0.4, -0.2) is 91.2 Å². The highest BCUT2D eigenvalue weighted by atomic mass is 16.5. The van der Waals surface area contributed by atoms with Crippen molar-refractivity contribution in [2.24, 2.45) is 59.2 Å². The van der Waals surface area contributed by atoms with Crippen LogP contribution in [0.5, 0.6) is 0 Å². The van der Waals surface area contributed by atoms with Crippen LogP contribution in [0.15, 0.2) is 0 Å². The molecule has 238 valence electrons. The van der Waals surface area contributed by atoms with E-state index in [-0.39, 0.29) is 30.1 Å². The van der Waals surface area contributed by atoms with Crippen molar-refractivity contribution in [3.63, 3.8) is 0 Å². The minimum atomic E-state index is -1.93. The molecule has 7 N–H and O–H groups in total. The van der Waals surface area contributed by atoms with Crippen LogP contribution in [0.25, 0.3) is 0 Å². The Balaban J connectivity index is 1.44. The Morgan fingerprint density at radius 1 is 0.805 bits per heavy atom. The Hall–Kier alpha value is -0.320. The van der Waals surface area contributed by atoms with Crippen LogP contribution in [0.4, 0.5) is 0 Å². The van der Waals surface area contributed by atoms with Crippen molar-refractivity contribution in [3.05, 3.63) is 0 Å². The molecule has 5 fully saturated rings. The first kappa shape index (κ1) is 32.1. The summed E-state index contributed by atoms with van der Waals surface area (Å²) in [5.41, 5.74) is -1.93. The Morgan fingerprint density at radius 2 is 1.49 bits per heavy atom. The predicted octanol–water partition coefficient (Wildman–Crippen LogP) is 2.48. The predicted molar refractivity (Wildman–Crippen MR) is 154 cm³/mol. The van der Waals surface area contributed by atoms with E-state index in [0.717, 1.165) is 57.8 Å². The van der Waals surface area contributed by atoms with Gasteiger partial charge in [-0.25, -0.2) is 0 Å². The third-order valence-corrected chi connectivity index (χ3v) is 13.2. The molecule has 8 nitrogen and oxygen atoms in total. The molecule has 41 heavy (non-hydrogen) atoms. The fraction of sp³-hybridized carbons (Fsp3) is 1.00. The lowest BCUT2D eigenvalue weighted by atomic mass is 9.46. The topological polar surface area (TPSA) is 151 Å². The minimum absolute atomic E-state index is 0.0734. The molecular weight excluding hydrogens is 524 g/mol. The van der Waals surface area contributed by atoms with E-state index in [4.69, 9.17) is 4.74 Å². The van der Waals surface area contributed by atoms with Crippen molar-refractivity contribution in [2.75, 3.05) is 7.11 Å². The zero-order chi connectivity index (χ0) is 29.8. The number of hydrogen-bond donors (Lipinski definition) is 7. The zero-order valence-electron chi connectivity index (χ0n) is 25.6.